The molecule has 3 heterocycles. The quantitative estimate of drug-likeness (QED) is 0.782. The summed E-state index contributed by atoms with van der Waals surface area (Å²) < 4.78 is 30.5. The first-order valence-electron chi connectivity index (χ1n) is 9.57. The molecule has 0 aliphatic carbocycles. The third-order valence-electron chi connectivity index (χ3n) is 5.29. The molecule has 2 aliphatic heterocycles. The fraction of sp³-hybridized carbons (Fsp3) is 0.722. The van der Waals surface area contributed by atoms with Gasteiger partial charge in [-0.05, 0) is 25.9 Å². The Morgan fingerprint density at radius 2 is 1.56 bits per heavy atom. The molecule has 2 saturated heterocycles. The van der Waals surface area contributed by atoms with E-state index in [2.05, 4.69) is 4.90 Å². The number of rotatable bonds is 5. The van der Waals surface area contributed by atoms with Gasteiger partial charge in [0, 0.05) is 32.2 Å². The van der Waals surface area contributed by atoms with Crippen LogP contribution in [0.25, 0.3) is 0 Å². The molecule has 9 heteroatoms. The number of aromatic hydroxyl groups is 1. The van der Waals surface area contributed by atoms with Crippen LogP contribution in [0.2, 0.25) is 0 Å². The summed E-state index contributed by atoms with van der Waals surface area (Å²) in [6, 6.07) is 1.38. The molecule has 0 bridgehead atoms. The average Bonchev–Trinajstić information content (AvgIpc) is 2.87. The number of hydrogen-bond donors (Lipinski definition) is 1. The third kappa shape index (κ3) is 5.54. The summed E-state index contributed by atoms with van der Waals surface area (Å²) in [7, 11) is -3.18. The summed E-state index contributed by atoms with van der Waals surface area (Å²) in [5.41, 5.74) is -0.421. The van der Waals surface area contributed by atoms with Crippen molar-refractivity contribution in [2.75, 3.05) is 45.5 Å². The Labute approximate surface area is 160 Å². The number of likely N-dealkylation sites (tertiary alicyclic amines) is 1. The molecule has 1 aromatic heterocycles. The lowest BCUT2D eigenvalue weighted by Crippen LogP contribution is -2.47. The maximum absolute atomic E-state index is 12.2. The van der Waals surface area contributed by atoms with Crippen LogP contribution in [0.4, 0.5) is 0 Å². The molecule has 1 N–H and O–H groups in total. The van der Waals surface area contributed by atoms with Crippen molar-refractivity contribution in [2.24, 2.45) is 0 Å². The predicted molar refractivity (Wildman–Crippen MR) is 102 cm³/mol. The zero-order chi connectivity index (χ0) is 19.4. The highest BCUT2D eigenvalue weighted by atomic mass is 32.2. The highest BCUT2D eigenvalue weighted by Crippen LogP contribution is 2.20. The van der Waals surface area contributed by atoms with Crippen LogP contribution in [0.15, 0.2) is 15.3 Å². The van der Waals surface area contributed by atoms with Gasteiger partial charge in [0.2, 0.25) is 21.2 Å². The fourth-order valence-corrected chi connectivity index (χ4v) is 4.54. The maximum Gasteiger partial charge on any atom is 0.227 e. The van der Waals surface area contributed by atoms with Crippen LogP contribution in [0.1, 0.15) is 37.2 Å². The molecule has 3 rings (SSSR count). The third-order valence-corrected chi connectivity index (χ3v) is 6.59. The van der Waals surface area contributed by atoms with E-state index in [1.165, 1.54) is 29.5 Å². The van der Waals surface area contributed by atoms with Gasteiger partial charge in [-0.2, -0.15) is 4.31 Å². The van der Waals surface area contributed by atoms with E-state index in [4.69, 9.17) is 4.42 Å². The van der Waals surface area contributed by atoms with E-state index < -0.39 is 15.5 Å². The molecule has 8 nitrogen and oxygen atoms in total. The van der Waals surface area contributed by atoms with Gasteiger partial charge in [-0.1, -0.05) is 12.8 Å². The lowest BCUT2D eigenvalue weighted by molar-refractivity contribution is 0.162. The lowest BCUT2D eigenvalue weighted by Gasteiger charge is -2.32. The topological polar surface area (TPSA) is 94.3 Å². The minimum absolute atomic E-state index is 0.264. The van der Waals surface area contributed by atoms with Gasteiger partial charge in [-0.25, -0.2) is 8.42 Å². The van der Waals surface area contributed by atoms with Crippen molar-refractivity contribution in [3.8, 4) is 5.75 Å². The minimum Gasteiger partial charge on any atom is -0.502 e. The van der Waals surface area contributed by atoms with Crippen molar-refractivity contribution in [1.29, 1.82) is 0 Å². The van der Waals surface area contributed by atoms with E-state index in [0.29, 0.717) is 45.0 Å². The van der Waals surface area contributed by atoms with Gasteiger partial charge in [-0.15, -0.1) is 0 Å². The minimum atomic E-state index is -3.18. The number of sulfonamides is 1. The van der Waals surface area contributed by atoms with Crippen molar-refractivity contribution in [3.05, 3.63) is 27.8 Å². The summed E-state index contributed by atoms with van der Waals surface area (Å²) in [6.45, 7) is 4.73. The first-order chi connectivity index (χ1) is 12.8. The molecule has 0 aromatic carbocycles. The molecule has 1 aromatic rings. The molecular formula is C18H29N3O5S. The van der Waals surface area contributed by atoms with E-state index in [9.17, 15) is 18.3 Å². The van der Waals surface area contributed by atoms with Crippen LogP contribution in [-0.2, 0) is 23.1 Å². The van der Waals surface area contributed by atoms with Gasteiger partial charge < -0.3 is 9.52 Å². The number of piperazine rings is 1. The lowest BCUT2D eigenvalue weighted by atomic mass is 10.2. The van der Waals surface area contributed by atoms with Crippen molar-refractivity contribution in [2.45, 2.75) is 38.8 Å². The van der Waals surface area contributed by atoms with Gasteiger partial charge in [0.05, 0.1) is 19.3 Å². The first kappa shape index (κ1) is 20.3. The Morgan fingerprint density at radius 3 is 2.15 bits per heavy atom. The molecule has 2 fully saturated rings. The van der Waals surface area contributed by atoms with Crippen molar-refractivity contribution < 1.29 is 17.9 Å². The van der Waals surface area contributed by atoms with Gasteiger partial charge in [0.25, 0.3) is 0 Å². The Kier molecular flexibility index (Phi) is 6.56. The SMILES string of the molecule is CS(=O)(=O)N1CCN(Cc2oc(CN3CCCCCC3)cc(=O)c2O)CC1. The Balaban J connectivity index is 1.66. The smallest absolute Gasteiger partial charge is 0.227 e. The molecule has 152 valence electrons. The molecule has 2 aliphatic rings. The second-order valence-electron chi connectivity index (χ2n) is 7.48. The van der Waals surface area contributed by atoms with Crippen molar-refractivity contribution in [3.63, 3.8) is 0 Å². The fourth-order valence-electron chi connectivity index (χ4n) is 3.71. The molecule has 0 amide bonds. The van der Waals surface area contributed by atoms with Crippen LogP contribution < -0.4 is 5.43 Å². The molecule has 0 unspecified atom stereocenters. The van der Waals surface area contributed by atoms with Gasteiger partial charge >= 0.3 is 0 Å². The average molecular weight is 400 g/mol. The highest BCUT2D eigenvalue weighted by molar-refractivity contribution is 7.88. The van der Waals surface area contributed by atoms with Crippen molar-refractivity contribution >= 4 is 10.0 Å². The van der Waals surface area contributed by atoms with Crippen molar-refractivity contribution in [1.82, 2.24) is 14.1 Å². The van der Waals surface area contributed by atoms with Gasteiger partial charge in [0.1, 0.15) is 5.76 Å². The summed E-state index contributed by atoms with van der Waals surface area (Å²) in [4.78, 5) is 16.4. The monoisotopic (exact) mass is 399 g/mol. The number of hydrogen-bond acceptors (Lipinski definition) is 7. The standard InChI is InChI=1S/C18H29N3O5S/c1-27(24,25)21-10-8-20(9-11-21)14-17-18(23)16(22)12-15(26-17)13-19-6-4-2-3-5-7-19/h12,23H,2-11,13-14H2,1H3. The van der Waals surface area contributed by atoms with Crippen LogP contribution in [-0.4, -0.2) is 73.2 Å². The second-order valence-corrected chi connectivity index (χ2v) is 9.46. The molecular weight excluding hydrogens is 370 g/mol. The zero-order valence-electron chi connectivity index (χ0n) is 15.9. The summed E-state index contributed by atoms with van der Waals surface area (Å²) in [5, 5.41) is 10.1. The summed E-state index contributed by atoms with van der Waals surface area (Å²) >= 11 is 0. The Bertz CT molecular complexity index is 792. The highest BCUT2D eigenvalue weighted by Gasteiger charge is 2.25. The normalized spacial score (nSPS) is 21.2. The second kappa shape index (κ2) is 8.72. The van der Waals surface area contributed by atoms with Crippen LogP contribution >= 0.6 is 0 Å². The summed E-state index contributed by atoms with van der Waals surface area (Å²) in [5.74, 6) is 0.491. The van der Waals surface area contributed by atoms with E-state index in [0.717, 1.165) is 25.9 Å². The maximum atomic E-state index is 12.2. The molecule has 27 heavy (non-hydrogen) atoms. The number of nitrogens with zero attached hydrogens (tertiary/aromatic N) is 3. The molecule has 0 spiro atoms. The Hall–Kier alpha value is -1.42. The van der Waals surface area contributed by atoms with Crippen LogP contribution in [0.5, 0.6) is 5.75 Å². The Morgan fingerprint density at radius 1 is 0.963 bits per heavy atom. The van der Waals surface area contributed by atoms with Crippen LogP contribution in [0.3, 0.4) is 0 Å². The van der Waals surface area contributed by atoms with E-state index in [1.807, 2.05) is 4.90 Å². The summed E-state index contributed by atoms with van der Waals surface area (Å²) in [6.07, 6.45) is 5.99. The molecule has 0 saturated carbocycles. The van der Waals surface area contributed by atoms with Crippen LogP contribution in [0, 0.1) is 0 Å². The van der Waals surface area contributed by atoms with Gasteiger partial charge in [0.15, 0.2) is 5.76 Å². The zero-order valence-corrected chi connectivity index (χ0v) is 16.7. The first-order valence-corrected chi connectivity index (χ1v) is 11.4. The largest absolute Gasteiger partial charge is 0.502 e. The predicted octanol–water partition coefficient (Wildman–Crippen LogP) is 0.799. The molecule has 0 atom stereocenters. The molecule has 0 radical (unpaired) electrons. The van der Waals surface area contributed by atoms with E-state index >= 15 is 0 Å². The van der Waals surface area contributed by atoms with E-state index in [-0.39, 0.29) is 11.5 Å². The van der Waals surface area contributed by atoms with E-state index in [1.54, 1.807) is 0 Å². The van der Waals surface area contributed by atoms with Gasteiger partial charge in [-0.3, -0.25) is 14.6 Å².